The Bertz CT molecular complexity index is 592. The average molecular weight is 253 g/mol. The van der Waals surface area contributed by atoms with Crippen molar-refractivity contribution in [2.75, 3.05) is 6.54 Å². The first kappa shape index (κ1) is 12.7. The van der Waals surface area contributed by atoms with E-state index in [0.29, 0.717) is 6.54 Å². The van der Waals surface area contributed by atoms with Crippen molar-refractivity contribution in [3.8, 4) is 0 Å². The van der Waals surface area contributed by atoms with Crippen molar-refractivity contribution in [3.05, 3.63) is 35.6 Å². The highest BCUT2D eigenvalue weighted by Gasteiger charge is 2.20. The van der Waals surface area contributed by atoms with Crippen molar-refractivity contribution in [1.82, 2.24) is 5.32 Å². The minimum absolute atomic E-state index is 0.0950. The van der Waals surface area contributed by atoms with Crippen molar-refractivity contribution in [3.63, 3.8) is 0 Å². The van der Waals surface area contributed by atoms with Gasteiger partial charge in [0.1, 0.15) is 17.7 Å². The summed E-state index contributed by atoms with van der Waals surface area (Å²) >= 11 is 0. The summed E-state index contributed by atoms with van der Waals surface area (Å²) in [4.78, 5) is 12.0. The summed E-state index contributed by atoms with van der Waals surface area (Å²) in [6, 6.07) is 1.71. The lowest BCUT2D eigenvalue weighted by Gasteiger charge is -2.11. The summed E-state index contributed by atoms with van der Waals surface area (Å²) in [5, 5.41) is 3.01. The molecule has 0 unspecified atom stereocenters. The first-order valence-corrected chi connectivity index (χ1v) is 5.68. The quantitative estimate of drug-likeness (QED) is 0.852. The van der Waals surface area contributed by atoms with Gasteiger partial charge in [0.05, 0.1) is 17.0 Å². The second-order valence-electron chi connectivity index (χ2n) is 4.06. The highest BCUT2D eigenvalue weighted by atomic mass is 19.1. The first-order valence-electron chi connectivity index (χ1n) is 5.68. The molecule has 5 heteroatoms. The van der Waals surface area contributed by atoms with Crippen molar-refractivity contribution < 1.29 is 18.0 Å². The molecule has 96 valence electrons. The van der Waals surface area contributed by atoms with E-state index in [1.54, 1.807) is 6.92 Å². The summed E-state index contributed by atoms with van der Waals surface area (Å²) in [7, 11) is 0. The lowest BCUT2D eigenvalue weighted by atomic mass is 10.0. The van der Waals surface area contributed by atoms with E-state index in [1.165, 1.54) is 6.07 Å². The van der Waals surface area contributed by atoms with Crippen LogP contribution in [0, 0.1) is 11.6 Å². The summed E-state index contributed by atoms with van der Waals surface area (Å²) in [6.07, 6.45) is 0.895. The number of halogens is 2. The Hall–Kier alpha value is -1.75. The van der Waals surface area contributed by atoms with Crippen LogP contribution in [0.2, 0.25) is 0 Å². The molecule has 3 nitrogen and oxygen atoms in total. The molecule has 0 radical (unpaired) electrons. The third kappa shape index (κ3) is 2.13. The van der Waals surface area contributed by atoms with Crippen LogP contribution in [0.3, 0.4) is 0 Å². The van der Waals surface area contributed by atoms with Gasteiger partial charge < -0.3 is 9.73 Å². The number of Topliss-reactive ketones (excluding diaryl/α,β-unsaturated/α-hetero) is 1. The third-order valence-electron chi connectivity index (χ3n) is 2.78. The minimum atomic E-state index is -0.702. The maximum absolute atomic E-state index is 13.7. The van der Waals surface area contributed by atoms with Gasteiger partial charge in [-0.3, -0.25) is 4.79 Å². The van der Waals surface area contributed by atoms with Gasteiger partial charge in [0.2, 0.25) is 0 Å². The van der Waals surface area contributed by atoms with E-state index in [9.17, 15) is 13.6 Å². The predicted octanol–water partition coefficient (Wildman–Crippen LogP) is 2.89. The molecular weight excluding hydrogens is 240 g/mol. The normalized spacial score (nSPS) is 12.9. The van der Waals surface area contributed by atoms with Crippen LogP contribution in [0.4, 0.5) is 8.78 Å². The molecule has 2 aromatic rings. The summed E-state index contributed by atoms with van der Waals surface area (Å²) in [5.74, 6) is -1.71. The van der Waals surface area contributed by atoms with Gasteiger partial charge >= 0.3 is 0 Å². The minimum Gasteiger partial charge on any atom is -0.461 e. The molecule has 0 spiro atoms. The zero-order valence-electron chi connectivity index (χ0n) is 10.1. The van der Waals surface area contributed by atoms with E-state index >= 15 is 0 Å². The van der Waals surface area contributed by atoms with Crippen LogP contribution in [-0.2, 0) is 0 Å². The molecule has 1 heterocycles. The zero-order valence-corrected chi connectivity index (χ0v) is 10.1. The highest BCUT2D eigenvalue weighted by Crippen LogP contribution is 2.24. The number of fused-ring (bicyclic) bond motifs is 1. The Morgan fingerprint density at radius 2 is 2.11 bits per heavy atom. The van der Waals surface area contributed by atoms with Gasteiger partial charge in [-0.05, 0) is 19.5 Å². The second kappa shape index (κ2) is 4.86. The average Bonchev–Trinajstić information content (AvgIpc) is 2.69. The van der Waals surface area contributed by atoms with Gasteiger partial charge in [0.15, 0.2) is 11.6 Å². The fourth-order valence-corrected chi connectivity index (χ4v) is 1.84. The van der Waals surface area contributed by atoms with Crippen LogP contribution in [-0.4, -0.2) is 18.4 Å². The SMILES string of the molecule is CCN[C@@H](C)C(=O)c1cc2c(F)coc2cc1F. The van der Waals surface area contributed by atoms with Gasteiger partial charge in [0.25, 0.3) is 0 Å². The van der Waals surface area contributed by atoms with Crippen LogP contribution in [0.25, 0.3) is 11.0 Å². The maximum Gasteiger partial charge on any atom is 0.182 e. The zero-order chi connectivity index (χ0) is 13.3. The number of nitrogens with one attached hydrogen (secondary N) is 1. The standard InChI is InChI=1S/C13H13F2NO2/c1-3-16-7(2)13(17)9-4-8-11(15)6-18-12(8)5-10(9)14/h4-7,16H,3H2,1-2H3/t7-/m0/s1. The molecule has 0 amide bonds. The van der Waals surface area contributed by atoms with Gasteiger partial charge in [-0.25, -0.2) is 8.78 Å². The molecule has 1 aromatic heterocycles. The molecule has 1 aromatic carbocycles. The molecular formula is C13H13F2NO2. The smallest absolute Gasteiger partial charge is 0.182 e. The number of carbonyl (C=O) groups excluding carboxylic acids is 1. The monoisotopic (exact) mass is 253 g/mol. The van der Waals surface area contributed by atoms with Gasteiger partial charge in [-0.15, -0.1) is 0 Å². The van der Waals surface area contributed by atoms with Crippen LogP contribution < -0.4 is 5.32 Å². The molecule has 2 rings (SSSR count). The van der Waals surface area contributed by atoms with E-state index in [2.05, 4.69) is 5.32 Å². The molecule has 1 atom stereocenters. The summed E-state index contributed by atoms with van der Waals surface area (Å²) in [5.41, 5.74) is -0.0334. The van der Waals surface area contributed by atoms with E-state index in [0.717, 1.165) is 12.3 Å². The molecule has 0 saturated heterocycles. The summed E-state index contributed by atoms with van der Waals surface area (Å²) in [6.45, 7) is 4.08. The number of carbonyl (C=O) groups is 1. The fourth-order valence-electron chi connectivity index (χ4n) is 1.84. The molecule has 0 aliphatic carbocycles. The molecule has 0 bridgehead atoms. The molecule has 18 heavy (non-hydrogen) atoms. The Morgan fingerprint density at radius 1 is 1.39 bits per heavy atom. The number of rotatable bonds is 4. The van der Waals surface area contributed by atoms with Crippen molar-refractivity contribution in [1.29, 1.82) is 0 Å². The second-order valence-corrected chi connectivity index (χ2v) is 4.06. The summed E-state index contributed by atoms with van der Waals surface area (Å²) < 4.78 is 31.9. The number of hydrogen-bond acceptors (Lipinski definition) is 3. The van der Waals surface area contributed by atoms with Gasteiger partial charge in [-0.2, -0.15) is 0 Å². The number of furan rings is 1. The number of ketones is 1. The van der Waals surface area contributed by atoms with E-state index in [4.69, 9.17) is 4.42 Å². The van der Waals surface area contributed by atoms with E-state index in [-0.39, 0.29) is 16.5 Å². The number of likely N-dealkylation sites (N-methyl/N-ethyl adjacent to an activating group) is 1. The largest absolute Gasteiger partial charge is 0.461 e. The maximum atomic E-state index is 13.7. The Kier molecular flexibility index (Phi) is 3.43. The molecule has 0 aliphatic rings. The Morgan fingerprint density at radius 3 is 2.78 bits per heavy atom. The number of hydrogen-bond donors (Lipinski definition) is 1. The van der Waals surface area contributed by atoms with Crippen molar-refractivity contribution in [2.45, 2.75) is 19.9 Å². The highest BCUT2D eigenvalue weighted by molar-refractivity contribution is 6.02. The van der Waals surface area contributed by atoms with E-state index < -0.39 is 23.5 Å². The molecule has 0 fully saturated rings. The Labute approximate surface area is 103 Å². The molecule has 0 aliphatic heterocycles. The van der Waals surface area contributed by atoms with Crippen LogP contribution in [0.15, 0.2) is 22.8 Å². The van der Waals surface area contributed by atoms with Crippen molar-refractivity contribution >= 4 is 16.8 Å². The van der Waals surface area contributed by atoms with E-state index in [1.807, 2.05) is 6.92 Å². The van der Waals surface area contributed by atoms with Crippen molar-refractivity contribution in [2.24, 2.45) is 0 Å². The molecule has 0 saturated carbocycles. The van der Waals surface area contributed by atoms with Crippen LogP contribution in [0.5, 0.6) is 0 Å². The lowest BCUT2D eigenvalue weighted by Crippen LogP contribution is -2.34. The topological polar surface area (TPSA) is 42.2 Å². The Balaban J connectivity index is 2.46. The lowest BCUT2D eigenvalue weighted by molar-refractivity contribution is 0.0948. The fraction of sp³-hybridized carbons (Fsp3) is 0.308. The third-order valence-corrected chi connectivity index (χ3v) is 2.78. The van der Waals surface area contributed by atoms with Crippen LogP contribution in [0.1, 0.15) is 24.2 Å². The van der Waals surface area contributed by atoms with Crippen LogP contribution >= 0.6 is 0 Å². The molecule has 1 N–H and O–H groups in total. The van der Waals surface area contributed by atoms with Gasteiger partial charge in [-0.1, -0.05) is 6.92 Å². The predicted molar refractivity (Wildman–Crippen MR) is 63.6 cm³/mol. The number of benzene rings is 1. The van der Waals surface area contributed by atoms with Gasteiger partial charge in [0, 0.05) is 6.07 Å². The first-order chi connectivity index (χ1) is 8.54.